The molecule has 0 saturated heterocycles. The van der Waals surface area contributed by atoms with Crippen molar-refractivity contribution in [2.45, 2.75) is 120 Å². The van der Waals surface area contributed by atoms with Crippen LogP contribution in [0.15, 0.2) is 0 Å². The highest BCUT2D eigenvalue weighted by Gasteiger charge is 2.48. The number of nitrogens with one attached hydrogen (secondary N) is 1. The molecular weight excluding hydrogens is 406 g/mol. The van der Waals surface area contributed by atoms with E-state index >= 15 is 0 Å². The van der Waals surface area contributed by atoms with Crippen LogP contribution in [0.25, 0.3) is 0 Å². The largest absolute Gasteiger partial charge is 0.516 e. The summed E-state index contributed by atoms with van der Waals surface area (Å²) in [5, 5.41) is 3.47. The van der Waals surface area contributed by atoms with E-state index in [0.717, 1.165) is 0 Å². The third-order valence-corrected chi connectivity index (χ3v) is 9.52. The zero-order chi connectivity index (χ0) is 22.8. The number of rotatable bonds is 16. The zero-order valence-corrected chi connectivity index (χ0v) is 22.8. The van der Waals surface area contributed by atoms with Gasteiger partial charge >= 0.3 is 17.6 Å². The van der Waals surface area contributed by atoms with Crippen LogP contribution in [-0.2, 0) is 26.6 Å². The van der Waals surface area contributed by atoms with Crippen LogP contribution in [0.3, 0.4) is 0 Å². The predicted molar refractivity (Wildman–Crippen MR) is 122 cm³/mol. The van der Waals surface area contributed by atoms with E-state index < -0.39 is 17.6 Å². The van der Waals surface area contributed by atoms with Gasteiger partial charge in [-0.05, 0) is 83.1 Å². The van der Waals surface area contributed by atoms with Crippen molar-refractivity contribution in [2.24, 2.45) is 0 Å². The molecule has 0 heterocycles. The molecule has 0 aromatic carbocycles. The molecule has 0 unspecified atom stereocenters. The fourth-order valence-corrected chi connectivity index (χ4v) is 9.20. The molecule has 0 rings (SSSR count). The molecule has 0 fully saturated rings. The summed E-state index contributed by atoms with van der Waals surface area (Å²) in [6.07, 6.45) is 0.883. The summed E-state index contributed by atoms with van der Waals surface area (Å²) in [5.41, 5.74) is 0. The maximum absolute atomic E-state index is 6.24. The molecule has 29 heavy (non-hydrogen) atoms. The fourth-order valence-electron chi connectivity index (χ4n) is 2.94. The lowest BCUT2D eigenvalue weighted by molar-refractivity contribution is -0.00257. The minimum Gasteiger partial charge on any atom is -0.370 e. The Morgan fingerprint density at radius 1 is 0.414 bits per heavy atom. The Balaban J connectivity index is 5.55. The molecule has 0 aliphatic rings. The van der Waals surface area contributed by atoms with Crippen molar-refractivity contribution in [3.05, 3.63) is 0 Å². The Labute approximate surface area is 181 Å². The SMILES string of the molecule is CC(C)O[Si](CNC[Si](OC(C)C)(OC(C)C)OC(C)C)(OC(C)C)OC(C)C. The van der Waals surface area contributed by atoms with E-state index in [1.807, 2.05) is 83.1 Å². The summed E-state index contributed by atoms with van der Waals surface area (Å²) in [6.45, 7) is 24.0. The Morgan fingerprint density at radius 2 is 0.586 bits per heavy atom. The van der Waals surface area contributed by atoms with Gasteiger partial charge < -0.3 is 31.9 Å². The molecule has 0 aliphatic heterocycles. The van der Waals surface area contributed by atoms with Gasteiger partial charge in [0.2, 0.25) is 0 Å². The molecule has 0 atom stereocenters. The Hall–Kier alpha value is 0.154. The van der Waals surface area contributed by atoms with Gasteiger partial charge in [-0.15, -0.1) is 0 Å². The molecule has 0 bridgehead atoms. The number of hydrogen-bond donors (Lipinski definition) is 1. The summed E-state index contributed by atoms with van der Waals surface area (Å²) in [4.78, 5) is 0. The summed E-state index contributed by atoms with van der Waals surface area (Å²) < 4.78 is 37.5. The minimum atomic E-state index is -2.96. The molecule has 0 saturated carbocycles. The Kier molecular flexibility index (Phi) is 13.6. The molecule has 0 aromatic heterocycles. The molecular formula is C20H47NO6Si2. The fraction of sp³-hybridized carbons (Fsp3) is 1.00. The summed E-state index contributed by atoms with van der Waals surface area (Å²) in [5.74, 6) is 0. The van der Waals surface area contributed by atoms with E-state index in [0.29, 0.717) is 12.3 Å². The Bertz CT molecular complexity index is 342. The molecule has 0 aromatic rings. The first-order chi connectivity index (χ1) is 13.2. The number of hydrogen-bond acceptors (Lipinski definition) is 7. The van der Waals surface area contributed by atoms with E-state index in [4.69, 9.17) is 26.6 Å². The van der Waals surface area contributed by atoms with Crippen LogP contribution < -0.4 is 5.32 Å². The van der Waals surface area contributed by atoms with Crippen molar-refractivity contribution in [3.8, 4) is 0 Å². The first kappa shape index (κ1) is 29.2. The first-order valence-electron chi connectivity index (χ1n) is 11.0. The predicted octanol–water partition coefficient (Wildman–Crippen LogP) is 4.08. The highest BCUT2D eigenvalue weighted by molar-refractivity contribution is 6.62. The Morgan fingerprint density at radius 3 is 0.724 bits per heavy atom. The minimum absolute atomic E-state index is 0.00582. The van der Waals surface area contributed by atoms with Gasteiger partial charge in [-0.3, -0.25) is 0 Å². The standard InChI is InChI=1S/C20H47NO6Si2/c1-15(2)22-28(23-16(3)4,24-17(5)6)13-21-14-29(25-18(7)8,26-19(9)10)27-20(11)12/h15-21H,13-14H2,1-12H3. The van der Waals surface area contributed by atoms with Gasteiger partial charge in [-0.1, -0.05) is 0 Å². The van der Waals surface area contributed by atoms with Crippen molar-refractivity contribution in [1.29, 1.82) is 0 Å². The average molecular weight is 454 g/mol. The lowest BCUT2D eigenvalue weighted by Crippen LogP contribution is -2.63. The maximum atomic E-state index is 6.24. The molecule has 176 valence electrons. The van der Waals surface area contributed by atoms with Crippen molar-refractivity contribution in [2.75, 3.05) is 12.3 Å². The van der Waals surface area contributed by atoms with Crippen LogP contribution in [-0.4, -0.2) is 66.6 Å². The van der Waals surface area contributed by atoms with Gasteiger partial charge in [0, 0.05) is 36.6 Å². The van der Waals surface area contributed by atoms with Crippen LogP contribution in [0.5, 0.6) is 0 Å². The highest BCUT2D eigenvalue weighted by atomic mass is 28.4. The van der Waals surface area contributed by atoms with Gasteiger partial charge in [-0.25, -0.2) is 0 Å². The zero-order valence-electron chi connectivity index (χ0n) is 20.8. The first-order valence-corrected chi connectivity index (χ1v) is 14.8. The monoisotopic (exact) mass is 453 g/mol. The second-order valence-corrected chi connectivity index (χ2v) is 13.8. The lowest BCUT2D eigenvalue weighted by Gasteiger charge is -2.37. The third kappa shape index (κ3) is 13.2. The van der Waals surface area contributed by atoms with Crippen LogP contribution in [0.4, 0.5) is 0 Å². The molecule has 0 aliphatic carbocycles. The van der Waals surface area contributed by atoms with E-state index in [-0.39, 0.29) is 36.6 Å². The van der Waals surface area contributed by atoms with Crippen LogP contribution >= 0.6 is 0 Å². The molecule has 9 heteroatoms. The van der Waals surface area contributed by atoms with Crippen molar-refractivity contribution in [1.82, 2.24) is 5.32 Å². The third-order valence-electron chi connectivity index (χ3n) is 3.17. The molecule has 1 N–H and O–H groups in total. The van der Waals surface area contributed by atoms with Crippen molar-refractivity contribution >= 4 is 17.6 Å². The summed E-state index contributed by atoms with van der Waals surface area (Å²) >= 11 is 0. The van der Waals surface area contributed by atoms with Gasteiger partial charge in [-0.2, -0.15) is 0 Å². The van der Waals surface area contributed by atoms with Crippen LogP contribution in [0, 0.1) is 0 Å². The molecule has 0 spiro atoms. The molecule has 7 nitrogen and oxygen atoms in total. The normalized spacial score (nSPS) is 13.9. The van der Waals surface area contributed by atoms with E-state index in [1.54, 1.807) is 0 Å². The van der Waals surface area contributed by atoms with E-state index in [2.05, 4.69) is 5.32 Å². The van der Waals surface area contributed by atoms with Gasteiger partial charge in [0.05, 0.1) is 12.3 Å². The van der Waals surface area contributed by atoms with Gasteiger partial charge in [0.25, 0.3) is 0 Å². The van der Waals surface area contributed by atoms with Gasteiger partial charge in [0.15, 0.2) is 0 Å². The smallest absolute Gasteiger partial charge is 0.370 e. The average Bonchev–Trinajstić information content (AvgIpc) is 2.41. The summed E-state index contributed by atoms with van der Waals surface area (Å²) in [7, 11) is -5.92. The quantitative estimate of drug-likeness (QED) is 0.353. The maximum Gasteiger partial charge on any atom is 0.516 e. The van der Waals surface area contributed by atoms with Crippen LogP contribution in [0.2, 0.25) is 0 Å². The van der Waals surface area contributed by atoms with Crippen LogP contribution in [0.1, 0.15) is 83.1 Å². The topological polar surface area (TPSA) is 67.4 Å². The summed E-state index contributed by atoms with van der Waals surface area (Å²) in [6, 6.07) is 0. The molecule has 0 amide bonds. The van der Waals surface area contributed by atoms with Gasteiger partial charge in [0.1, 0.15) is 0 Å². The van der Waals surface area contributed by atoms with E-state index in [9.17, 15) is 0 Å². The van der Waals surface area contributed by atoms with Crippen molar-refractivity contribution < 1.29 is 26.6 Å². The lowest BCUT2D eigenvalue weighted by atomic mass is 10.5. The van der Waals surface area contributed by atoms with Crippen molar-refractivity contribution in [3.63, 3.8) is 0 Å². The second kappa shape index (κ2) is 13.5. The highest BCUT2D eigenvalue weighted by Crippen LogP contribution is 2.20. The molecule has 0 radical (unpaired) electrons. The second-order valence-electron chi connectivity index (χ2n) is 8.97. The van der Waals surface area contributed by atoms with E-state index in [1.165, 1.54) is 0 Å².